The summed E-state index contributed by atoms with van der Waals surface area (Å²) in [5.41, 5.74) is 5.42. The maximum Gasteiger partial charge on any atom is 0.336 e. The fourth-order valence-corrected chi connectivity index (χ4v) is 3.25. The lowest BCUT2D eigenvalue weighted by molar-refractivity contribution is -0.302. The van der Waals surface area contributed by atoms with Crippen LogP contribution >= 0.6 is 0 Å². The molecule has 136 valence electrons. The summed E-state index contributed by atoms with van der Waals surface area (Å²) in [6.07, 6.45) is 2.68. The topological polar surface area (TPSA) is 93.2 Å². The zero-order valence-electron chi connectivity index (χ0n) is 15.0. The standard InChI is InChI=1S/C18H23NO6/c1-10(2)24-18(25-11(3)4)12-6-7-13(20)23-14(12)15(21-5)16-17(18,19)8-9-22-16/h6-11H,19H2,1-5H3. The van der Waals surface area contributed by atoms with E-state index in [0.29, 0.717) is 5.56 Å². The Balaban J connectivity index is 2.38. The molecule has 0 bridgehead atoms. The van der Waals surface area contributed by atoms with Gasteiger partial charge < -0.3 is 29.1 Å². The van der Waals surface area contributed by atoms with Crippen LogP contribution in [0.4, 0.5) is 0 Å². The zero-order valence-corrected chi connectivity index (χ0v) is 15.0. The van der Waals surface area contributed by atoms with Crippen molar-refractivity contribution in [2.75, 3.05) is 7.11 Å². The predicted octanol–water partition coefficient (Wildman–Crippen LogP) is 2.21. The first-order valence-corrected chi connectivity index (χ1v) is 8.17. The van der Waals surface area contributed by atoms with E-state index in [9.17, 15) is 4.79 Å². The average molecular weight is 349 g/mol. The Hall–Kier alpha value is -2.09. The maximum absolute atomic E-state index is 11.8. The second-order valence-corrected chi connectivity index (χ2v) is 6.60. The monoisotopic (exact) mass is 349 g/mol. The van der Waals surface area contributed by atoms with E-state index in [2.05, 4.69) is 0 Å². The molecule has 2 heterocycles. The fraction of sp³-hybridized carbons (Fsp3) is 0.500. The molecule has 1 aliphatic heterocycles. The highest BCUT2D eigenvalue weighted by molar-refractivity contribution is 5.70. The molecule has 0 radical (unpaired) electrons. The number of ether oxygens (including phenoxy) is 4. The normalized spacial score (nSPS) is 23.7. The molecule has 0 aromatic carbocycles. The van der Waals surface area contributed by atoms with Gasteiger partial charge in [-0.25, -0.2) is 4.79 Å². The third kappa shape index (κ3) is 2.50. The first kappa shape index (κ1) is 17.7. The summed E-state index contributed by atoms with van der Waals surface area (Å²) in [4.78, 5) is 11.8. The van der Waals surface area contributed by atoms with Crippen molar-refractivity contribution in [3.05, 3.63) is 52.0 Å². The smallest absolute Gasteiger partial charge is 0.336 e. The number of methoxy groups -OCH3 is 1. The molecular formula is C18H23NO6. The van der Waals surface area contributed by atoms with Gasteiger partial charge >= 0.3 is 5.63 Å². The summed E-state index contributed by atoms with van der Waals surface area (Å²) in [6.45, 7) is 7.51. The van der Waals surface area contributed by atoms with Crippen molar-refractivity contribution >= 4 is 5.76 Å². The highest BCUT2D eigenvalue weighted by Gasteiger charge is 2.63. The summed E-state index contributed by atoms with van der Waals surface area (Å²) in [6, 6.07) is 2.91. The molecule has 2 aliphatic rings. The molecule has 1 atom stereocenters. The fourth-order valence-electron chi connectivity index (χ4n) is 3.25. The second kappa shape index (κ2) is 6.01. The molecule has 3 rings (SSSR count). The zero-order chi connectivity index (χ0) is 18.4. The van der Waals surface area contributed by atoms with E-state index in [-0.39, 0.29) is 29.5 Å². The average Bonchev–Trinajstić information content (AvgIpc) is 2.90. The first-order chi connectivity index (χ1) is 11.7. The first-order valence-electron chi connectivity index (χ1n) is 8.17. The molecule has 25 heavy (non-hydrogen) atoms. The van der Waals surface area contributed by atoms with E-state index in [4.69, 9.17) is 29.1 Å². The van der Waals surface area contributed by atoms with Crippen LogP contribution in [-0.2, 0) is 24.7 Å². The van der Waals surface area contributed by atoms with Gasteiger partial charge in [0, 0.05) is 6.07 Å². The van der Waals surface area contributed by atoms with Crippen LogP contribution in [0.25, 0.3) is 5.76 Å². The number of rotatable bonds is 5. The Bertz CT molecular complexity index is 781. The lowest BCUT2D eigenvalue weighted by Crippen LogP contribution is -2.63. The largest absolute Gasteiger partial charge is 0.490 e. The Kier molecular flexibility index (Phi) is 4.26. The summed E-state index contributed by atoms with van der Waals surface area (Å²) in [5, 5.41) is 0. The van der Waals surface area contributed by atoms with Crippen LogP contribution in [0.15, 0.2) is 39.4 Å². The van der Waals surface area contributed by atoms with Gasteiger partial charge in [-0.15, -0.1) is 0 Å². The Labute approximate surface area is 146 Å². The quantitative estimate of drug-likeness (QED) is 0.815. The van der Waals surface area contributed by atoms with E-state index in [1.807, 2.05) is 27.7 Å². The molecule has 1 aromatic heterocycles. The molecule has 2 N–H and O–H groups in total. The number of hydrogen-bond acceptors (Lipinski definition) is 7. The van der Waals surface area contributed by atoms with Gasteiger partial charge in [0.05, 0.1) is 31.1 Å². The van der Waals surface area contributed by atoms with Crippen molar-refractivity contribution in [2.45, 2.75) is 51.2 Å². The minimum atomic E-state index is -1.44. The van der Waals surface area contributed by atoms with Gasteiger partial charge in [0.2, 0.25) is 11.5 Å². The van der Waals surface area contributed by atoms with Crippen molar-refractivity contribution in [2.24, 2.45) is 5.73 Å². The predicted molar refractivity (Wildman–Crippen MR) is 90.2 cm³/mol. The van der Waals surface area contributed by atoms with E-state index in [1.54, 1.807) is 12.1 Å². The van der Waals surface area contributed by atoms with Gasteiger partial charge in [-0.2, -0.15) is 0 Å². The van der Waals surface area contributed by atoms with Crippen molar-refractivity contribution in [3.8, 4) is 0 Å². The minimum Gasteiger partial charge on any atom is -0.490 e. The van der Waals surface area contributed by atoms with E-state index >= 15 is 0 Å². The molecule has 1 aliphatic carbocycles. The molecular weight excluding hydrogens is 326 g/mol. The molecule has 0 saturated heterocycles. The Morgan fingerprint density at radius 2 is 1.76 bits per heavy atom. The third-order valence-corrected chi connectivity index (χ3v) is 4.05. The van der Waals surface area contributed by atoms with Crippen LogP contribution in [0.5, 0.6) is 0 Å². The summed E-state index contributed by atoms with van der Waals surface area (Å²) in [5.74, 6) is -0.726. The maximum atomic E-state index is 11.8. The van der Waals surface area contributed by atoms with Crippen LogP contribution in [0.3, 0.4) is 0 Å². The van der Waals surface area contributed by atoms with E-state index in [0.717, 1.165) is 0 Å². The second-order valence-electron chi connectivity index (χ2n) is 6.60. The third-order valence-electron chi connectivity index (χ3n) is 4.05. The van der Waals surface area contributed by atoms with E-state index in [1.165, 1.54) is 19.4 Å². The molecule has 0 saturated carbocycles. The van der Waals surface area contributed by atoms with Crippen LogP contribution in [0.2, 0.25) is 0 Å². The summed E-state index contributed by atoms with van der Waals surface area (Å²) >= 11 is 0. The van der Waals surface area contributed by atoms with Gasteiger partial charge in [0.15, 0.2) is 17.1 Å². The lowest BCUT2D eigenvalue weighted by atomic mass is 9.77. The lowest BCUT2D eigenvalue weighted by Gasteiger charge is -2.48. The SMILES string of the molecule is COC1=C2OC=CC2(N)C(OC(C)C)(OC(C)C)c2ccc(=O)oc21. The molecule has 0 fully saturated rings. The Morgan fingerprint density at radius 1 is 1.12 bits per heavy atom. The molecule has 7 heteroatoms. The van der Waals surface area contributed by atoms with Gasteiger partial charge in [-0.05, 0) is 39.8 Å². The molecule has 1 aromatic rings. The molecule has 0 spiro atoms. The van der Waals surface area contributed by atoms with Crippen LogP contribution in [-0.4, -0.2) is 24.9 Å². The van der Waals surface area contributed by atoms with Crippen molar-refractivity contribution in [3.63, 3.8) is 0 Å². The highest BCUT2D eigenvalue weighted by atomic mass is 16.7. The molecule has 7 nitrogen and oxygen atoms in total. The van der Waals surface area contributed by atoms with Crippen LogP contribution in [0.1, 0.15) is 39.0 Å². The Morgan fingerprint density at radius 3 is 2.32 bits per heavy atom. The minimum absolute atomic E-state index is 0.191. The summed E-state index contributed by atoms with van der Waals surface area (Å²) in [7, 11) is 1.46. The highest BCUT2D eigenvalue weighted by Crippen LogP contribution is 2.53. The van der Waals surface area contributed by atoms with Gasteiger partial charge in [0.25, 0.3) is 0 Å². The van der Waals surface area contributed by atoms with Crippen molar-refractivity contribution in [1.29, 1.82) is 0 Å². The van der Waals surface area contributed by atoms with Gasteiger partial charge in [-0.1, -0.05) is 0 Å². The number of hydrogen-bond donors (Lipinski definition) is 1. The van der Waals surface area contributed by atoms with Gasteiger partial charge in [-0.3, -0.25) is 0 Å². The number of fused-ring (bicyclic) bond motifs is 2. The number of nitrogens with two attached hydrogens (primary N) is 1. The van der Waals surface area contributed by atoms with Crippen LogP contribution < -0.4 is 11.4 Å². The molecule has 1 unspecified atom stereocenters. The van der Waals surface area contributed by atoms with Crippen molar-refractivity contribution in [1.82, 2.24) is 0 Å². The van der Waals surface area contributed by atoms with Crippen LogP contribution in [0, 0.1) is 0 Å². The van der Waals surface area contributed by atoms with Crippen molar-refractivity contribution < 1.29 is 23.4 Å². The molecule has 0 amide bonds. The van der Waals surface area contributed by atoms with E-state index < -0.39 is 17.0 Å². The summed E-state index contributed by atoms with van der Waals surface area (Å²) < 4.78 is 28.9. The van der Waals surface area contributed by atoms with Gasteiger partial charge in [0.1, 0.15) is 0 Å².